The Morgan fingerprint density at radius 3 is 1.27 bits per heavy atom. The van der Waals surface area contributed by atoms with Gasteiger partial charge in [-0.2, -0.15) is 0 Å². The van der Waals surface area contributed by atoms with E-state index in [0.29, 0.717) is 12.8 Å². The Morgan fingerprint density at radius 1 is 0.544 bits per heavy atom. The highest BCUT2D eigenvalue weighted by Crippen LogP contribution is 2.34. The zero-order valence-corrected chi connectivity index (χ0v) is 47.2. The van der Waals surface area contributed by atoms with Gasteiger partial charge in [-0.3, -0.25) is 38.4 Å². The van der Waals surface area contributed by atoms with Crippen LogP contribution in [0, 0.1) is 10.8 Å². The van der Waals surface area contributed by atoms with E-state index >= 15 is 0 Å². The number of nitrogens with one attached hydrogen (secondary N) is 8. The first-order valence-corrected chi connectivity index (χ1v) is 27.6. The molecule has 0 aromatic heterocycles. The molecule has 2 aliphatic carbocycles. The van der Waals surface area contributed by atoms with Gasteiger partial charge in [0, 0.05) is 36.3 Å². The lowest BCUT2D eigenvalue weighted by Gasteiger charge is -2.36. The Labute approximate surface area is 463 Å². The number of carboxylic acid groups (broad SMARTS) is 1. The molecule has 426 valence electrons. The molecule has 2 heterocycles. The third-order valence-corrected chi connectivity index (χ3v) is 16.0. The summed E-state index contributed by atoms with van der Waals surface area (Å²) in [5.74, 6) is -5.73. The van der Waals surface area contributed by atoms with Crippen molar-refractivity contribution >= 4 is 53.2 Å². The van der Waals surface area contributed by atoms with Gasteiger partial charge in [-0.05, 0) is 131 Å². The second-order valence-electron chi connectivity index (χ2n) is 23.9. The van der Waals surface area contributed by atoms with Gasteiger partial charge >= 0.3 is 5.97 Å². The molecule has 0 radical (unpaired) electrons. The number of likely N-dealkylation sites (N-methyl/N-ethyl adjacent to an activating group) is 2. The highest BCUT2D eigenvalue weighted by molar-refractivity contribution is 6.04. The molecule has 3 aromatic rings. The molecule has 4 aliphatic rings. The molecule has 10 atom stereocenters. The molecule has 20 nitrogen and oxygen atoms in total. The summed E-state index contributed by atoms with van der Waals surface area (Å²) < 4.78 is 0. The van der Waals surface area contributed by atoms with Gasteiger partial charge in [-0.25, -0.2) is 4.79 Å². The van der Waals surface area contributed by atoms with Crippen LogP contribution in [0.4, 0.5) is 0 Å². The Morgan fingerprint density at radius 2 is 0.911 bits per heavy atom. The summed E-state index contributed by atoms with van der Waals surface area (Å²) in [5, 5.41) is 34.0. The number of carboxylic acids is 1. The molecule has 0 unspecified atom stereocenters. The second kappa shape index (κ2) is 24.9. The van der Waals surface area contributed by atoms with Crippen molar-refractivity contribution in [2.45, 2.75) is 167 Å². The maximum Gasteiger partial charge on any atom is 0.335 e. The number of amides is 8. The molecule has 9 N–H and O–H groups in total. The summed E-state index contributed by atoms with van der Waals surface area (Å²) in [6.45, 7) is 13.9. The highest BCUT2D eigenvalue weighted by Gasteiger charge is 2.48. The van der Waals surface area contributed by atoms with Gasteiger partial charge in [-0.1, -0.05) is 90.1 Å². The summed E-state index contributed by atoms with van der Waals surface area (Å²) >= 11 is 0. The number of hydrogen-bond acceptors (Lipinski definition) is 11. The van der Waals surface area contributed by atoms with Gasteiger partial charge in [0.05, 0.1) is 29.7 Å². The van der Waals surface area contributed by atoms with Crippen molar-refractivity contribution in [1.29, 1.82) is 0 Å². The summed E-state index contributed by atoms with van der Waals surface area (Å²) in [6, 6.07) is 11.4. The Balaban J connectivity index is 1.13. The van der Waals surface area contributed by atoms with E-state index in [-0.39, 0.29) is 54.7 Å². The first-order chi connectivity index (χ1) is 37.3. The number of benzene rings is 3. The second-order valence-corrected chi connectivity index (χ2v) is 23.9. The molecule has 2 saturated heterocycles. The average molecular weight is 1090 g/mol. The van der Waals surface area contributed by atoms with Crippen molar-refractivity contribution < 1.29 is 48.3 Å². The monoisotopic (exact) mass is 1090 g/mol. The van der Waals surface area contributed by atoms with Crippen molar-refractivity contribution in [2.75, 3.05) is 27.2 Å². The molecule has 0 saturated carbocycles. The lowest BCUT2D eigenvalue weighted by molar-refractivity contribution is -0.144. The number of aromatic carboxylic acids is 1. The number of aryl methyl sites for hydroxylation is 2. The maximum absolute atomic E-state index is 14.8. The van der Waals surface area contributed by atoms with Gasteiger partial charge in [0.2, 0.25) is 35.4 Å². The van der Waals surface area contributed by atoms with E-state index < -0.39 is 112 Å². The summed E-state index contributed by atoms with van der Waals surface area (Å²) in [5.41, 5.74) is 1.84. The van der Waals surface area contributed by atoms with Crippen molar-refractivity contribution in [2.24, 2.45) is 10.8 Å². The number of rotatable bonds is 17. The number of nitrogens with zero attached hydrogens (tertiary/aromatic N) is 2. The van der Waals surface area contributed by atoms with Crippen LogP contribution >= 0.6 is 0 Å². The summed E-state index contributed by atoms with van der Waals surface area (Å²) in [7, 11) is 3.25. The maximum atomic E-state index is 14.8. The predicted octanol–water partition coefficient (Wildman–Crippen LogP) is 3.45. The molecule has 0 spiro atoms. The van der Waals surface area contributed by atoms with Crippen LogP contribution in [-0.2, 0) is 41.6 Å². The van der Waals surface area contributed by atoms with Crippen LogP contribution in [0.5, 0.6) is 0 Å². The van der Waals surface area contributed by atoms with Crippen molar-refractivity contribution in [3.8, 4) is 0 Å². The fourth-order valence-corrected chi connectivity index (χ4v) is 11.2. The first kappa shape index (κ1) is 59.5. The third kappa shape index (κ3) is 14.0. The molecule has 20 heteroatoms. The fourth-order valence-electron chi connectivity index (χ4n) is 11.2. The molecule has 7 rings (SSSR count). The molecular weight excluding hydrogens is 1010 g/mol. The molecular formula is C59H80N10O10. The zero-order chi connectivity index (χ0) is 57.7. The Kier molecular flexibility index (Phi) is 18.7. The topological polar surface area (TPSA) is 277 Å². The van der Waals surface area contributed by atoms with Gasteiger partial charge in [0.25, 0.3) is 11.8 Å². The standard InChI is InChI=1S/C59H80N10O10/c1-32(60-9)49(70)66-47(58(3,4)5)55(76)68-30-39(28-45(68)53(74)64-43-23-15-19-34-17-11-13-21-41(34)43)62-51(72)36-25-37(27-38(26-36)57(78)79)52(73)63-40-29-46(54(75)65-44-24-16-20-35-18-12-14-22-42(35)44)69(31-40)56(77)48(59(6,7)8)67-50(71)33(2)61-10/h11-14,17-18,21-22,25-27,32-33,39-40,43-48,60-61H,15-16,19-20,23-24,28-31H2,1-10H3,(H,62,72)(H,63,73)(H,64,74)(H,65,75)(H,66,70)(H,67,71)(H,78,79)/t32-,33-,39-,40-,43+,44+,45-,46-,47+,48+/m0/s1. The molecule has 79 heavy (non-hydrogen) atoms. The number of carbonyl (C=O) groups excluding carboxylic acids is 8. The van der Waals surface area contributed by atoms with E-state index in [9.17, 15) is 48.3 Å². The zero-order valence-electron chi connectivity index (χ0n) is 47.2. The minimum Gasteiger partial charge on any atom is -0.478 e. The van der Waals surface area contributed by atoms with Crippen LogP contribution in [0.15, 0.2) is 66.7 Å². The van der Waals surface area contributed by atoms with E-state index in [0.717, 1.165) is 60.1 Å². The Hall–Kier alpha value is -7.19. The largest absolute Gasteiger partial charge is 0.478 e. The summed E-state index contributed by atoms with van der Waals surface area (Å²) in [6.07, 6.45) is 4.73. The average Bonchev–Trinajstić information content (AvgIpc) is 4.17. The molecule has 2 fully saturated rings. The van der Waals surface area contributed by atoms with E-state index in [1.807, 2.05) is 48.5 Å². The van der Waals surface area contributed by atoms with Gasteiger partial charge < -0.3 is 57.4 Å². The van der Waals surface area contributed by atoms with Crippen LogP contribution in [-0.4, -0.2) is 144 Å². The highest BCUT2D eigenvalue weighted by atomic mass is 16.4. The normalized spacial score (nSPS) is 22.4. The number of likely N-dealkylation sites (tertiary alicyclic amines) is 2. The molecule has 3 aromatic carbocycles. The fraction of sp³-hybridized carbons (Fsp3) is 0.542. The van der Waals surface area contributed by atoms with Crippen LogP contribution < -0.4 is 42.5 Å². The van der Waals surface area contributed by atoms with E-state index in [2.05, 4.69) is 42.5 Å². The van der Waals surface area contributed by atoms with Gasteiger partial charge in [0.15, 0.2) is 0 Å². The Bertz CT molecular complexity index is 2650. The predicted molar refractivity (Wildman–Crippen MR) is 296 cm³/mol. The smallest absolute Gasteiger partial charge is 0.335 e. The quantitative estimate of drug-likeness (QED) is 0.0941. The molecule has 8 amide bonds. The molecule has 2 aliphatic heterocycles. The van der Waals surface area contributed by atoms with E-state index in [1.165, 1.54) is 15.9 Å². The summed E-state index contributed by atoms with van der Waals surface area (Å²) in [4.78, 5) is 129. The van der Waals surface area contributed by atoms with Gasteiger partial charge in [-0.15, -0.1) is 0 Å². The number of fused-ring (bicyclic) bond motifs is 2. The van der Waals surface area contributed by atoms with Crippen LogP contribution in [0.25, 0.3) is 0 Å². The number of carbonyl (C=O) groups is 9. The third-order valence-electron chi connectivity index (χ3n) is 16.0. The number of hydrogen-bond donors (Lipinski definition) is 9. The SMILES string of the molecule is CN[C@@H](C)C(=O)N[C@H](C(=O)N1C[C@@H](NC(=O)c2cc(C(=O)O)cc(C(=O)N[C@H]3C[C@@H](C(=O)N[C@@H]4CCCc5ccccc54)N(C(=O)[C@@H](NC(=O)[C@H](C)NC)C(C)(C)C)C3)c2)C[C@H]1C(=O)N[C@@H]1CCCc2ccccc21)C(C)(C)C. The lowest BCUT2D eigenvalue weighted by Crippen LogP contribution is -2.59. The minimum absolute atomic E-state index is 0.0193. The van der Waals surface area contributed by atoms with E-state index in [4.69, 9.17) is 0 Å². The van der Waals surface area contributed by atoms with Crippen LogP contribution in [0.3, 0.4) is 0 Å². The van der Waals surface area contributed by atoms with Crippen molar-refractivity contribution in [1.82, 2.24) is 52.3 Å². The van der Waals surface area contributed by atoms with E-state index in [1.54, 1.807) is 69.5 Å². The lowest BCUT2D eigenvalue weighted by atomic mass is 9.85. The van der Waals surface area contributed by atoms with Crippen LogP contribution in [0.2, 0.25) is 0 Å². The van der Waals surface area contributed by atoms with Crippen LogP contribution in [0.1, 0.15) is 159 Å². The molecule has 0 bridgehead atoms. The van der Waals surface area contributed by atoms with Crippen molar-refractivity contribution in [3.05, 3.63) is 106 Å². The minimum atomic E-state index is -1.42. The van der Waals surface area contributed by atoms with Crippen molar-refractivity contribution in [3.63, 3.8) is 0 Å². The first-order valence-electron chi connectivity index (χ1n) is 27.6. The van der Waals surface area contributed by atoms with Gasteiger partial charge in [0.1, 0.15) is 24.2 Å².